The Morgan fingerprint density at radius 1 is 1.44 bits per heavy atom. The summed E-state index contributed by atoms with van der Waals surface area (Å²) < 4.78 is 1.83. The van der Waals surface area contributed by atoms with Crippen LogP contribution < -0.4 is 5.32 Å². The van der Waals surface area contributed by atoms with Gasteiger partial charge in [-0.25, -0.2) is 15.0 Å². The molecule has 1 amide bonds. The van der Waals surface area contributed by atoms with E-state index in [2.05, 4.69) is 20.3 Å². The molecule has 0 bridgehead atoms. The van der Waals surface area contributed by atoms with Gasteiger partial charge in [0.2, 0.25) is 5.91 Å². The van der Waals surface area contributed by atoms with Crippen LogP contribution in [0.1, 0.15) is 13.8 Å². The van der Waals surface area contributed by atoms with Gasteiger partial charge in [0, 0.05) is 18.3 Å². The van der Waals surface area contributed by atoms with E-state index in [4.69, 9.17) is 11.6 Å². The number of hydrogen-bond acceptors (Lipinski definition) is 4. The second-order valence-electron chi connectivity index (χ2n) is 4.17. The largest absolute Gasteiger partial charge is 0.314 e. The molecule has 2 heterocycles. The highest BCUT2D eigenvalue weighted by molar-refractivity contribution is 6.17. The molecule has 0 saturated heterocycles. The minimum absolute atomic E-state index is 0.0955. The summed E-state index contributed by atoms with van der Waals surface area (Å²) in [6, 6.07) is 0. The molecule has 0 fully saturated rings. The number of fused-ring (bicyclic) bond motifs is 1. The number of rotatable bonds is 4. The molecule has 0 aliphatic rings. The highest BCUT2D eigenvalue weighted by Crippen LogP contribution is 2.17. The molecule has 2 aromatic heterocycles. The van der Waals surface area contributed by atoms with Crippen LogP contribution in [0.2, 0.25) is 0 Å². The first-order chi connectivity index (χ1) is 8.63. The second kappa shape index (κ2) is 5.30. The number of aryl methyl sites for hydroxylation is 1. The number of aromatic nitrogens is 4. The number of alkyl halides is 1. The van der Waals surface area contributed by atoms with Crippen LogP contribution in [-0.4, -0.2) is 31.3 Å². The van der Waals surface area contributed by atoms with Gasteiger partial charge in [-0.3, -0.25) is 4.79 Å². The van der Waals surface area contributed by atoms with Crippen molar-refractivity contribution < 1.29 is 4.79 Å². The van der Waals surface area contributed by atoms with Crippen LogP contribution in [-0.2, 0) is 11.3 Å². The number of hydrogen-bond donors (Lipinski definition) is 1. The Kier molecular flexibility index (Phi) is 3.76. The summed E-state index contributed by atoms with van der Waals surface area (Å²) in [5.41, 5.74) is 1.25. The third-order valence-electron chi connectivity index (χ3n) is 2.49. The topological polar surface area (TPSA) is 72.7 Å². The molecule has 0 spiro atoms. The van der Waals surface area contributed by atoms with Gasteiger partial charge in [-0.05, 0) is 0 Å². The van der Waals surface area contributed by atoms with Gasteiger partial charge in [0.1, 0.15) is 6.33 Å². The zero-order valence-electron chi connectivity index (χ0n) is 10.2. The lowest BCUT2D eigenvalue weighted by atomic mass is 10.2. The van der Waals surface area contributed by atoms with E-state index in [1.54, 1.807) is 6.33 Å². The molecular formula is C11H14ClN5O. The van der Waals surface area contributed by atoms with Gasteiger partial charge in [-0.15, -0.1) is 11.6 Å². The van der Waals surface area contributed by atoms with Gasteiger partial charge in [0.15, 0.2) is 17.0 Å². The van der Waals surface area contributed by atoms with Crippen LogP contribution in [0.3, 0.4) is 0 Å². The lowest BCUT2D eigenvalue weighted by molar-refractivity contribution is -0.118. The van der Waals surface area contributed by atoms with Crippen molar-refractivity contribution in [1.82, 2.24) is 19.5 Å². The predicted molar refractivity (Wildman–Crippen MR) is 69.5 cm³/mol. The minimum atomic E-state index is -0.111. The van der Waals surface area contributed by atoms with Crippen molar-refractivity contribution in [1.29, 1.82) is 0 Å². The van der Waals surface area contributed by atoms with Crippen molar-refractivity contribution in [3.05, 3.63) is 12.7 Å². The van der Waals surface area contributed by atoms with Gasteiger partial charge >= 0.3 is 0 Å². The van der Waals surface area contributed by atoms with Gasteiger partial charge in [0.05, 0.1) is 6.33 Å². The molecule has 0 aromatic carbocycles. The number of nitrogens with one attached hydrogen (secondary N) is 1. The second-order valence-corrected chi connectivity index (χ2v) is 4.54. The average molecular weight is 268 g/mol. The Morgan fingerprint density at radius 3 is 2.89 bits per heavy atom. The fraction of sp³-hybridized carbons (Fsp3) is 0.455. The first-order valence-corrected chi connectivity index (χ1v) is 6.19. The van der Waals surface area contributed by atoms with Crippen molar-refractivity contribution in [2.45, 2.75) is 20.4 Å². The van der Waals surface area contributed by atoms with E-state index in [0.29, 0.717) is 29.4 Å². The van der Waals surface area contributed by atoms with Gasteiger partial charge in [0.25, 0.3) is 0 Å². The SMILES string of the molecule is CC(C)C(=O)Nc1ncnc2c1ncn2CCCl. The highest BCUT2D eigenvalue weighted by Gasteiger charge is 2.13. The monoisotopic (exact) mass is 267 g/mol. The first kappa shape index (κ1) is 12.8. The lowest BCUT2D eigenvalue weighted by Gasteiger charge is -2.07. The van der Waals surface area contributed by atoms with Crippen LogP contribution >= 0.6 is 11.6 Å². The van der Waals surface area contributed by atoms with E-state index in [-0.39, 0.29) is 11.8 Å². The Labute approximate surface area is 109 Å². The lowest BCUT2D eigenvalue weighted by Crippen LogP contribution is -2.18. The molecule has 2 rings (SSSR count). The zero-order chi connectivity index (χ0) is 13.1. The Bertz CT molecular complexity index is 566. The molecule has 0 atom stereocenters. The van der Waals surface area contributed by atoms with E-state index in [0.717, 1.165) is 0 Å². The van der Waals surface area contributed by atoms with E-state index < -0.39 is 0 Å². The van der Waals surface area contributed by atoms with Crippen LogP contribution in [0, 0.1) is 5.92 Å². The molecule has 18 heavy (non-hydrogen) atoms. The normalized spacial score (nSPS) is 11.1. The Balaban J connectivity index is 2.37. The number of imidazole rings is 1. The summed E-state index contributed by atoms with van der Waals surface area (Å²) >= 11 is 5.70. The third-order valence-corrected chi connectivity index (χ3v) is 2.66. The fourth-order valence-corrected chi connectivity index (χ4v) is 1.67. The van der Waals surface area contributed by atoms with Gasteiger partial charge in [-0.1, -0.05) is 13.8 Å². The van der Waals surface area contributed by atoms with Crippen LogP contribution in [0.5, 0.6) is 0 Å². The maximum Gasteiger partial charge on any atom is 0.228 e. The summed E-state index contributed by atoms with van der Waals surface area (Å²) in [5, 5.41) is 2.74. The van der Waals surface area contributed by atoms with E-state index in [1.165, 1.54) is 6.33 Å². The standard InChI is InChI=1S/C11H14ClN5O/c1-7(2)11(18)16-9-8-10(14-5-13-9)17(4-3-12)6-15-8/h5-7H,3-4H2,1-2H3,(H,13,14,16,18). The Morgan fingerprint density at radius 2 is 2.22 bits per heavy atom. The smallest absolute Gasteiger partial charge is 0.228 e. The Hall–Kier alpha value is -1.69. The van der Waals surface area contributed by atoms with E-state index in [1.807, 2.05) is 18.4 Å². The van der Waals surface area contributed by atoms with Crippen molar-refractivity contribution in [2.75, 3.05) is 11.2 Å². The molecule has 0 saturated carbocycles. The number of anilines is 1. The van der Waals surface area contributed by atoms with Crippen molar-refractivity contribution in [3.63, 3.8) is 0 Å². The van der Waals surface area contributed by atoms with Crippen molar-refractivity contribution >= 4 is 34.5 Å². The minimum Gasteiger partial charge on any atom is -0.314 e. The van der Waals surface area contributed by atoms with Crippen LogP contribution in [0.25, 0.3) is 11.2 Å². The molecule has 0 aliphatic carbocycles. The number of halogens is 1. The zero-order valence-corrected chi connectivity index (χ0v) is 11.0. The average Bonchev–Trinajstić information content (AvgIpc) is 2.74. The van der Waals surface area contributed by atoms with Gasteiger partial charge in [-0.2, -0.15) is 0 Å². The molecule has 2 aromatic rings. The molecule has 0 radical (unpaired) electrons. The fourth-order valence-electron chi connectivity index (χ4n) is 1.49. The maximum atomic E-state index is 11.7. The first-order valence-electron chi connectivity index (χ1n) is 5.66. The maximum absolute atomic E-state index is 11.7. The summed E-state index contributed by atoms with van der Waals surface area (Å²) in [7, 11) is 0. The van der Waals surface area contributed by atoms with E-state index >= 15 is 0 Å². The number of nitrogens with zero attached hydrogens (tertiary/aromatic N) is 4. The van der Waals surface area contributed by atoms with Crippen molar-refractivity contribution in [2.24, 2.45) is 5.92 Å². The van der Waals surface area contributed by atoms with Crippen molar-refractivity contribution in [3.8, 4) is 0 Å². The third kappa shape index (κ3) is 2.43. The summed E-state index contributed by atoms with van der Waals surface area (Å²) in [5.74, 6) is 0.706. The molecule has 6 nitrogen and oxygen atoms in total. The number of carbonyl (C=O) groups is 1. The quantitative estimate of drug-likeness (QED) is 0.855. The molecule has 7 heteroatoms. The van der Waals surface area contributed by atoms with Crippen LogP contribution in [0.15, 0.2) is 12.7 Å². The molecule has 0 aliphatic heterocycles. The highest BCUT2D eigenvalue weighted by atomic mass is 35.5. The molecule has 0 unspecified atom stereocenters. The molecule has 1 N–H and O–H groups in total. The van der Waals surface area contributed by atoms with E-state index in [9.17, 15) is 4.79 Å². The summed E-state index contributed by atoms with van der Waals surface area (Å²) in [6.07, 6.45) is 3.05. The summed E-state index contributed by atoms with van der Waals surface area (Å²) in [6.45, 7) is 4.26. The molecule has 96 valence electrons. The van der Waals surface area contributed by atoms with Gasteiger partial charge < -0.3 is 9.88 Å². The number of amides is 1. The molecular weight excluding hydrogens is 254 g/mol. The van der Waals surface area contributed by atoms with Crippen LogP contribution in [0.4, 0.5) is 5.82 Å². The summed E-state index contributed by atoms with van der Waals surface area (Å²) in [4.78, 5) is 24.1. The predicted octanol–water partition coefficient (Wildman–Crippen LogP) is 1.66. The number of carbonyl (C=O) groups excluding carboxylic acids is 1.